The van der Waals surface area contributed by atoms with Crippen molar-refractivity contribution in [3.05, 3.63) is 16.1 Å². The Bertz CT molecular complexity index is 370. The van der Waals surface area contributed by atoms with Gasteiger partial charge in [0.1, 0.15) is 5.01 Å². The molecule has 104 valence electrons. The van der Waals surface area contributed by atoms with Gasteiger partial charge < -0.3 is 0 Å². The van der Waals surface area contributed by atoms with Crippen molar-refractivity contribution in [3.8, 4) is 0 Å². The standard InChI is InChI=1S/C14H25ClN2S/c1-7-12(13-16-11(8-15)9-18-13)17(6)10(2)14(3,4)5/h9-10,12H,7-8H2,1-6H3. The van der Waals surface area contributed by atoms with E-state index in [1.165, 1.54) is 5.01 Å². The second kappa shape index (κ2) is 6.36. The summed E-state index contributed by atoms with van der Waals surface area (Å²) in [6.45, 7) is 11.4. The van der Waals surface area contributed by atoms with E-state index in [-0.39, 0.29) is 5.41 Å². The van der Waals surface area contributed by atoms with Gasteiger partial charge in [0, 0.05) is 11.4 Å². The lowest BCUT2D eigenvalue weighted by Crippen LogP contribution is -2.41. The molecule has 0 saturated carbocycles. The van der Waals surface area contributed by atoms with Gasteiger partial charge >= 0.3 is 0 Å². The van der Waals surface area contributed by atoms with Crippen molar-refractivity contribution in [2.45, 2.75) is 59.0 Å². The average Bonchev–Trinajstić information content (AvgIpc) is 2.76. The first kappa shape index (κ1) is 15.9. The Hall–Kier alpha value is -0.120. The Kier molecular flexibility index (Phi) is 5.63. The third kappa shape index (κ3) is 3.69. The lowest BCUT2D eigenvalue weighted by Gasteiger charge is -2.39. The summed E-state index contributed by atoms with van der Waals surface area (Å²) >= 11 is 7.56. The first-order chi connectivity index (χ1) is 8.31. The van der Waals surface area contributed by atoms with Crippen LogP contribution in [0.25, 0.3) is 0 Å². The molecular weight excluding hydrogens is 264 g/mol. The van der Waals surface area contributed by atoms with Gasteiger partial charge in [-0.2, -0.15) is 0 Å². The largest absolute Gasteiger partial charge is 0.294 e. The molecule has 1 aromatic rings. The van der Waals surface area contributed by atoms with Gasteiger partial charge in [-0.25, -0.2) is 4.98 Å². The molecule has 0 aliphatic heterocycles. The van der Waals surface area contributed by atoms with E-state index in [1.807, 2.05) is 0 Å². The molecule has 0 bridgehead atoms. The molecule has 18 heavy (non-hydrogen) atoms. The molecule has 0 aliphatic carbocycles. The summed E-state index contributed by atoms with van der Waals surface area (Å²) in [4.78, 5) is 7.07. The van der Waals surface area contributed by atoms with Gasteiger partial charge in [-0.1, -0.05) is 27.7 Å². The molecule has 0 saturated heterocycles. The predicted octanol–water partition coefficient (Wildman–Crippen LogP) is 4.70. The van der Waals surface area contributed by atoms with E-state index in [0.717, 1.165) is 12.1 Å². The van der Waals surface area contributed by atoms with Crippen LogP contribution in [0.15, 0.2) is 5.38 Å². The average molecular weight is 289 g/mol. The molecule has 0 aromatic carbocycles. The second-order valence-corrected chi connectivity index (χ2v) is 7.10. The Balaban J connectivity index is 2.89. The molecule has 0 spiro atoms. The van der Waals surface area contributed by atoms with Gasteiger partial charge in [0.25, 0.3) is 0 Å². The third-order valence-electron chi connectivity index (χ3n) is 3.73. The van der Waals surface area contributed by atoms with Crippen molar-refractivity contribution in [2.75, 3.05) is 7.05 Å². The molecule has 2 nitrogen and oxygen atoms in total. The highest BCUT2D eigenvalue weighted by molar-refractivity contribution is 7.09. The fourth-order valence-electron chi connectivity index (χ4n) is 2.05. The van der Waals surface area contributed by atoms with Crippen LogP contribution in [0.4, 0.5) is 0 Å². The van der Waals surface area contributed by atoms with Gasteiger partial charge in [0.15, 0.2) is 0 Å². The highest BCUT2D eigenvalue weighted by atomic mass is 35.5. The van der Waals surface area contributed by atoms with Crippen LogP contribution >= 0.6 is 22.9 Å². The summed E-state index contributed by atoms with van der Waals surface area (Å²) in [6, 6.07) is 0.895. The number of rotatable bonds is 5. The number of thiazole rings is 1. The number of nitrogens with zero attached hydrogens (tertiary/aromatic N) is 2. The minimum atomic E-state index is 0.273. The molecule has 0 fully saturated rings. The molecule has 1 heterocycles. The Morgan fingerprint density at radius 1 is 1.44 bits per heavy atom. The van der Waals surface area contributed by atoms with Crippen LogP contribution in [0.5, 0.6) is 0 Å². The van der Waals surface area contributed by atoms with Crippen molar-refractivity contribution in [2.24, 2.45) is 5.41 Å². The normalized spacial score (nSPS) is 16.0. The smallest absolute Gasteiger partial charge is 0.110 e. The van der Waals surface area contributed by atoms with E-state index in [2.05, 4.69) is 56.9 Å². The Morgan fingerprint density at radius 2 is 2.06 bits per heavy atom. The number of aromatic nitrogens is 1. The van der Waals surface area contributed by atoms with Crippen LogP contribution in [-0.4, -0.2) is 23.0 Å². The topological polar surface area (TPSA) is 16.1 Å². The van der Waals surface area contributed by atoms with Crippen molar-refractivity contribution in [1.82, 2.24) is 9.88 Å². The minimum Gasteiger partial charge on any atom is -0.294 e. The Morgan fingerprint density at radius 3 is 2.44 bits per heavy atom. The maximum atomic E-state index is 5.83. The number of halogens is 1. The van der Waals surface area contributed by atoms with Crippen LogP contribution in [0.2, 0.25) is 0 Å². The number of hydrogen-bond donors (Lipinski definition) is 0. The summed E-state index contributed by atoms with van der Waals surface area (Å²) in [5.74, 6) is 0.505. The van der Waals surface area contributed by atoms with E-state index in [0.29, 0.717) is 18.0 Å². The number of alkyl halides is 1. The van der Waals surface area contributed by atoms with Gasteiger partial charge in [0.2, 0.25) is 0 Å². The molecule has 2 unspecified atom stereocenters. The molecule has 2 atom stereocenters. The predicted molar refractivity (Wildman–Crippen MR) is 81.4 cm³/mol. The van der Waals surface area contributed by atoms with Crippen molar-refractivity contribution < 1.29 is 0 Å². The molecule has 0 amide bonds. The Labute approximate surface area is 120 Å². The fourth-order valence-corrected chi connectivity index (χ4v) is 3.34. The summed E-state index contributed by atoms with van der Waals surface area (Å²) in [6.07, 6.45) is 1.08. The van der Waals surface area contributed by atoms with Crippen molar-refractivity contribution in [3.63, 3.8) is 0 Å². The summed E-state index contributed by atoms with van der Waals surface area (Å²) in [5, 5.41) is 3.26. The van der Waals surface area contributed by atoms with Gasteiger partial charge in [-0.3, -0.25) is 4.90 Å². The minimum absolute atomic E-state index is 0.273. The number of hydrogen-bond acceptors (Lipinski definition) is 3. The SMILES string of the molecule is CCC(c1nc(CCl)cs1)N(C)C(C)C(C)(C)C. The molecule has 0 radical (unpaired) electrons. The maximum absolute atomic E-state index is 5.83. The van der Waals surface area contributed by atoms with E-state index in [4.69, 9.17) is 11.6 Å². The van der Waals surface area contributed by atoms with Crippen molar-refractivity contribution in [1.29, 1.82) is 0 Å². The maximum Gasteiger partial charge on any atom is 0.110 e. The van der Waals surface area contributed by atoms with Crippen LogP contribution in [-0.2, 0) is 5.88 Å². The van der Waals surface area contributed by atoms with E-state index in [9.17, 15) is 0 Å². The van der Waals surface area contributed by atoms with Crippen molar-refractivity contribution >= 4 is 22.9 Å². The van der Waals surface area contributed by atoms with Crippen LogP contribution < -0.4 is 0 Å². The van der Waals surface area contributed by atoms with Crippen LogP contribution in [0, 0.1) is 5.41 Å². The molecule has 1 rings (SSSR count). The molecule has 4 heteroatoms. The van der Waals surface area contributed by atoms with Gasteiger partial charge in [-0.15, -0.1) is 22.9 Å². The van der Waals surface area contributed by atoms with Gasteiger partial charge in [-0.05, 0) is 25.8 Å². The first-order valence-electron chi connectivity index (χ1n) is 6.53. The summed E-state index contributed by atoms with van der Waals surface area (Å²) in [7, 11) is 2.20. The molecular formula is C14H25ClN2S. The first-order valence-corrected chi connectivity index (χ1v) is 7.94. The molecule has 0 N–H and O–H groups in total. The summed E-state index contributed by atoms with van der Waals surface area (Å²) < 4.78 is 0. The monoisotopic (exact) mass is 288 g/mol. The molecule has 1 aromatic heterocycles. The van der Waals surface area contributed by atoms with Gasteiger partial charge in [0.05, 0.1) is 17.6 Å². The lowest BCUT2D eigenvalue weighted by atomic mass is 9.86. The fraction of sp³-hybridized carbons (Fsp3) is 0.786. The highest BCUT2D eigenvalue weighted by Gasteiger charge is 2.29. The van der Waals surface area contributed by atoms with E-state index in [1.54, 1.807) is 11.3 Å². The highest BCUT2D eigenvalue weighted by Crippen LogP contribution is 2.33. The van der Waals surface area contributed by atoms with Crippen LogP contribution in [0.1, 0.15) is 57.8 Å². The third-order valence-corrected chi connectivity index (χ3v) is 5.00. The molecule has 0 aliphatic rings. The zero-order valence-electron chi connectivity index (χ0n) is 12.3. The zero-order valence-corrected chi connectivity index (χ0v) is 13.9. The van der Waals surface area contributed by atoms with E-state index >= 15 is 0 Å². The summed E-state index contributed by atoms with van der Waals surface area (Å²) in [5.41, 5.74) is 1.27. The second-order valence-electron chi connectivity index (χ2n) is 5.94. The van der Waals surface area contributed by atoms with Crippen LogP contribution in [0.3, 0.4) is 0 Å². The quantitative estimate of drug-likeness (QED) is 0.730. The zero-order chi connectivity index (χ0) is 13.9. The lowest BCUT2D eigenvalue weighted by molar-refractivity contribution is 0.0945. The van der Waals surface area contributed by atoms with E-state index < -0.39 is 0 Å².